The highest BCUT2D eigenvalue weighted by atomic mass is 35.5. The highest BCUT2D eigenvalue weighted by molar-refractivity contribution is 6.32. The molecule has 1 aliphatic heterocycles. The molecule has 0 saturated carbocycles. The number of fused-ring (bicyclic) bond motifs is 5. The lowest BCUT2D eigenvalue weighted by atomic mass is 9.89. The summed E-state index contributed by atoms with van der Waals surface area (Å²) in [5, 5.41) is 4.30. The number of nitrogens with zero attached hydrogens (tertiary/aromatic N) is 2. The second-order valence-corrected chi connectivity index (χ2v) is 8.19. The number of hydrogen-bond acceptors (Lipinski definition) is 4. The molecular weight excluding hydrogens is 396 g/mol. The molecule has 5 heteroatoms. The topological polar surface area (TPSA) is 34.6 Å². The van der Waals surface area contributed by atoms with Crippen molar-refractivity contribution in [1.82, 2.24) is 9.88 Å². The average molecular weight is 419 g/mol. The van der Waals surface area contributed by atoms with Gasteiger partial charge in [0.2, 0.25) is 0 Å². The summed E-state index contributed by atoms with van der Waals surface area (Å²) in [4.78, 5) is 7.47. The maximum Gasteiger partial charge on any atom is 0.179 e. The van der Waals surface area contributed by atoms with Gasteiger partial charge in [-0.3, -0.25) is 0 Å². The van der Waals surface area contributed by atoms with Gasteiger partial charge in [-0.15, -0.1) is 0 Å². The Hall–Kier alpha value is -2.82. The van der Waals surface area contributed by atoms with Crippen LogP contribution in [0.15, 0.2) is 48.5 Å². The van der Waals surface area contributed by atoms with Crippen LogP contribution in [0.4, 0.5) is 0 Å². The van der Waals surface area contributed by atoms with Crippen LogP contribution in [0.3, 0.4) is 0 Å². The number of rotatable bonds is 3. The Morgan fingerprint density at radius 1 is 1.00 bits per heavy atom. The van der Waals surface area contributed by atoms with E-state index in [0.717, 1.165) is 36.3 Å². The Bertz CT molecular complexity index is 1290. The number of hydrogen-bond donors (Lipinski definition) is 0. The number of pyridine rings is 1. The molecule has 0 fully saturated rings. The average Bonchev–Trinajstić information content (AvgIpc) is 2.77. The second kappa shape index (κ2) is 7.46. The van der Waals surface area contributed by atoms with Crippen molar-refractivity contribution in [3.05, 3.63) is 64.7 Å². The van der Waals surface area contributed by atoms with Gasteiger partial charge < -0.3 is 14.4 Å². The van der Waals surface area contributed by atoms with Crippen LogP contribution in [0.5, 0.6) is 11.5 Å². The quantitative estimate of drug-likeness (QED) is 0.399. The molecule has 1 aromatic heterocycles. The third kappa shape index (κ3) is 2.99. The van der Waals surface area contributed by atoms with Crippen molar-refractivity contribution in [2.75, 3.05) is 27.8 Å². The van der Waals surface area contributed by atoms with Crippen LogP contribution >= 0.6 is 11.6 Å². The van der Waals surface area contributed by atoms with Crippen molar-refractivity contribution < 1.29 is 9.47 Å². The third-order valence-corrected chi connectivity index (χ3v) is 6.25. The number of aromatic nitrogens is 1. The fraction of sp³-hybridized carbons (Fsp3) is 0.240. The minimum absolute atomic E-state index is 0.519. The summed E-state index contributed by atoms with van der Waals surface area (Å²) in [6.45, 7) is 1.88. The molecule has 0 N–H and O–H groups in total. The molecule has 0 unspecified atom stereocenters. The van der Waals surface area contributed by atoms with E-state index in [1.54, 1.807) is 14.2 Å². The van der Waals surface area contributed by atoms with Crippen molar-refractivity contribution in [3.8, 4) is 22.8 Å². The molecule has 5 rings (SSSR count). The number of halogens is 1. The summed E-state index contributed by atoms with van der Waals surface area (Å²) in [7, 11) is 5.38. The Morgan fingerprint density at radius 3 is 2.63 bits per heavy atom. The predicted octanol–water partition coefficient (Wildman–Crippen LogP) is 5.71. The Morgan fingerprint density at radius 2 is 1.83 bits per heavy atom. The summed E-state index contributed by atoms with van der Waals surface area (Å²) in [6.07, 6.45) is 0.993. The smallest absolute Gasteiger partial charge is 0.179 e. The van der Waals surface area contributed by atoms with E-state index in [-0.39, 0.29) is 0 Å². The molecule has 30 heavy (non-hydrogen) atoms. The second-order valence-electron chi connectivity index (χ2n) is 7.78. The van der Waals surface area contributed by atoms with E-state index in [9.17, 15) is 0 Å². The van der Waals surface area contributed by atoms with Gasteiger partial charge in [0, 0.05) is 24.0 Å². The van der Waals surface area contributed by atoms with E-state index in [1.807, 2.05) is 12.1 Å². The van der Waals surface area contributed by atoms with E-state index < -0.39 is 0 Å². The summed E-state index contributed by atoms with van der Waals surface area (Å²) in [5.41, 5.74) is 5.56. The number of methoxy groups -OCH3 is 2. The minimum Gasteiger partial charge on any atom is -0.493 e. The fourth-order valence-corrected chi connectivity index (χ4v) is 4.83. The van der Waals surface area contributed by atoms with Gasteiger partial charge in [0.25, 0.3) is 0 Å². The molecule has 0 spiro atoms. The van der Waals surface area contributed by atoms with Crippen LogP contribution in [0.2, 0.25) is 5.02 Å². The molecule has 4 aromatic rings. The van der Waals surface area contributed by atoms with Gasteiger partial charge in [0.15, 0.2) is 11.5 Å². The highest BCUT2D eigenvalue weighted by Crippen LogP contribution is 2.42. The minimum atomic E-state index is 0.519. The molecule has 0 atom stereocenters. The van der Waals surface area contributed by atoms with Crippen LogP contribution in [-0.2, 0) is 13.0 Å². The molecule has 3 aromatic carbocycles. The first-order valence-corrected chi connectivity index (χ1v) is 10.4. The van der Waals surface area contributed by atoms with E-state index in [1.165, 1.54) is 27.3 Å². The van der Waals surface area contributed by atoms with Crippen LogP contribution < -0.4 is 9.47 Å². The fourth-order valence-electron chi connectivity index (χ4n) is 4.54. The standard InChI is InChI=1S/C25H23ClN2O2/c1-28-11-10-18-19(14-28)24(16-12-20(26)25(30-3)22(13-16)29-2)27-21-9-8-15-6-4-5-7-17(15)23(18)21/h4-9,12-13H,10-11,14H2,1-3H3. The van der Waals surface area contributed by atoms with Gasteiger partial charge in [-0.2, -0.15) is 0 Å². The molecular formula is C25H23ClN2O2. The maximum absolute atomic E-state index is 6.53. The van der Waals surface area contributed by atoms with Crippen molar-refractivity contribution in [2.45, 2.75) is 13.0 Å². The highest BCUT2D eigenvalue weighted by Gasteiger charge is 2.24. The van der Waals surface area contributed by atoms with Crippen molar-refractivity contribution in [3.63, 3.8) is 0 Å². The van der Waals surface area contributed by atoms with Gasteiger partial charge in [0.1, 0.15) is 0 Å². The molecule has 152 valence electrons. The summed E-state index contributed by atoms with van der Waals surface area (Å²) in [5.74, 6) is 1.15. The lowest BCUT2D eigenvalue weighted by Gasteiger charge is -2.28. The summed E-state index contributed by atoms with van der Waals surface area (Å²) >= 11 is 6.53. The molecule has 0 bridgehead atoms. The number of likely N-dealkylation sites (N-methyl/N-ethyl adjacent to an activating group) is 1. The van der Waals surface area contributed by atoms with Gasteiger partial charge in [-0.05, 0) is 53.6 Å². The number of ether oxygens (including phenoxy) is 2. The molecule has 2 heterocycles. The molecule has 0 aliphatic carbocycles. The van der Waals surface area contributed by atoms with E-state index in [2.05, 4.69) is 48.3 Å². The maximum atomic E-state index is 6.53. The summed E-state index contributed by atoms with van der Waals surface area (Å²) in [6, 6.07) is 16.7. The normalized spacial score (nSPS) is 14.1. The van der Waals surface area contributed by atoms with Gasteiger partial charge in [-0.25, -0.2) is 4.98 Å². The molecule has 0 saturated heterocycles. The summed E-state index contributed by atoms with van der Waals surface area (Å²) < 4.78 is 11.0. The first kappa shape index (κ1) is 19.2. The third-order valence-electron chi connectivity index (χ3n) is 5.97. The van der Waals surface area contributed by atoms with E-state index >= 15 is 0 Å². The van der Waals surface area contributed by atoms with Gasteiger partial charge in [-0.1, -0.05) is 41.9 Å². The molecule has 0 radical (unpaired) electrons. The zero-order chi connectivity index (χ0) is 20.8. The Kier molecular flexibility index (Phi) is 4.76. The largest absolute Gasteiger partial charge is 0.493 e. The zero-order valence-electron chi connectivity index (χ0n) is 17.3. The lowest BCUT2D eigenvalue weighted by Crippen LogP contribution is -2.27. The van der Waals surface area contributed by atoms with Gasteiger partial charge >= 0.3 is 0 Å². The van der Waals surface area contributed by atoms with Crippen LogP contribution in [0, 0.1) is 0 Å². The van der Waals surface area contributed by atoms with Crippen LogP contribution in [0.1, 0.15) is 11.1 Å². The van der Waals surface area contributed by atoms with E-state index in [0.29, 0.717) is 16.5 Å². The monoisotopic (exact) mass is 418 g/mol. The predicted molar refractivity (Wildman–Crippen MR) is 123 cm³/mol. The lowest BCUT2D eigenvalue weighted by molar-refractivity contribution is 0.314. The van der Waals surface area contributed by atoms with Crippen LogP contribution in [-0.4, -0.2) is 37.7 Å². The van der Waals surface area contributed by atoms with E-state index in [4.69, 9.17) is 26.1 Å². The zero-order valence-corrected chi connectivity index (χ0v) is 18.1. The van der Waals surface area contributed by atoms with Gasteiger partial charge in [0.05, 0.1) is 30.5 Å². The first-order valence-electron chi connectivity index (χ1n) is 10.0. The van der Waals surface area contributed by atoms with Crippen molar-refractivity contribution in [1.29, 1.82) is 0 Å². The first-order chi connectivity index (χ1) is 14.6. The Balaban J connectivity index is 1.85. The molecule has 0 amide bonds. The van der Waals surface area contributed by atoms with Crippen LogP contribution in [0.25, 0.3) is 32.9 Å². The van der Waals surface area contributed by atoms with Crippen molar-refractivity contribution in [2.24, 2.45) is 0 Å². The number of benzene rings is 3. The molecule has 1 aliphatic rings. The van der Waals surface area contributed by atoms with Crippen molar-refractivity contribution >= 4 is 33.3 Å². The SMILES string of the molecule is COc1cc(-c2nc3ccc4ccccc4c3c3c2CN(C)CC3)cc(Cl)c1OC. The molecule has 4 nitrogen and oxygen atoms in total. The Labute approximate surface area is 181 Å².